The number of hydrogen-bond donors (Lipinski definition) is 2. The zero-order valence-corrected chi connectivity index (χ0v) is 10.5. The standard InChI is InChI=1S/C11H16N4OS/c1-15(6-7-4-8(16)5-7)11-9(10(12)17)2-3-13-14-11/h2-3,7-8,16H,4-6H2,1H3,(H2,12,17). The molecule has 0 aromatic carbocycles. The first kappa shape index (κ1) is 12.2. The van der Waals surface area contributed by atoms with Crippen LogP contribution in [0.3, 0.4) is 0 Å². The average molecular weight is 252 g/mol. The van der Waals surface area contributed by atoms with Crippen molar-refractivity contribution in [3.63, 3.8) is 0 Å². The largest absolute Gasteiger partial charge is 0.393 e. The third-order valence-electron chi connectivity index (χ3n) is 3.07. The molecule has 0 atom stereocenters. The van der Waals surface area contributed by atoms with Crippen LogP contribution in [0, 0.1) is 5.92 Å². The van der Waals surface area contributed by atoms with Crippen molar-refractivity contribution in [2.24, 2.45) is 11.7 Å². The Bertz CT molecular complexity index is 420. The monoisotopic (exact) mass is 252 g/mol. The molecule has 1 aromatic rings. The number of anilines is 1. The molecule has 0 aliphatic heterocycles. The van der Waals surface area contributed by atoms with E-state index in [1.165, 1.54) is 0 Å². The van der Waals surface area contributed by atoms with Gasteiger partial charge < -0.3 is 15.7 Å². The predicted octanol–water partition coefficient (Wildman–Crippen LogP) is 0.318. The third-order valence-corrected chi connectivity index (χ3v) is 3.29. The molecular formula is C11H16N4OS. The number of rotatable bonds is 4. The van der Waals surface area contributed by atoms with Gasteiger partial charge in [-0.1, -0.05) is 12.2 Å². The van der Waals surface area contributed by atoms with Gasteiger partial charge in [0.2, 0.25) is 0 Å². The molecule has 2 rings (SSSR count). The van der Waals surface area contributed by atoms with Crippen molar-refractivity contribution in [3.8, 4) is 0 Å². The molecule has 0 saturated heterocycles. The Hall–Kier alpha value is -1.27. The molecule has 17 heavy (non-hydrogen) atoms. The van der Waals surface area contributed by atoms with Crippen LogP contribution in [0.1, 0.15) is 18.4 Å². The summed E-state index contributed by atoms with van der Waals surface area (Å²) in [6.07, 6.45) is 3.16. The normalized spacial score (nSPS) is 22.9. The summed E-state index contributed by atoms with van der Waals surface area (Å²) in [5.74, 6) is 1.22. The van der Waals surface area contributed by atoms with E-state index < -0.39 is 0 Å². The topological polar surface area (TPSA) is 75.3 Å². The second-order valence-electron chi connectivity index (χ2n) is 4.50. The predicted molar refractivity (Wildman–Crippen MR) is 69.9 cm³/mol. The number of hydrogen-bond acceptors (Lipinski definition) is 5. The zero-order valence-electron chi connectivity index (χ0n) is 9.71. The van der Waals surface area contributed by atoms with E-state index in [9.17, 15) is 5.11 Å². The summed E-state index contributed by atoms with van der Waals surface area (Å²) >= 11 is 4.99. The van der Waals surface area contributed by atoms with Crippen LogP contribution in [-0.4, -0.2) is 40.0 Å². The molecule has 92 valence electrons. The fourth-order valence-electron chi connectivity index (χ4n) is 2.12. The maximum absolute atomic E-state index is 9.26. The molecular weight excluding hydrogens is 236 g/mol. The highest BCUT2D eigenvalue weighted by molar-refractivity contribution is 7.80. The summed E-state index contributed by atoms with van der Waals surface area (Å²) in [6, 6.07) is 1.77. The summed E-state index contributed by atoms with van der Waals surface area (Å²) in [5.41, 5.74) is 6.40. The van der Waals surface area contributed by atoms with Gasteiger partial charge in [0.15, 0.2) is 5.82 Å². The van der Waals surface area contributed by atoms with Crippen LogP contribution in [0.2, 0.25) is 0 Å². The molecule has 1 aromatic heterocycles. The van der Waals surface area contributed by atoms with E-state index in [2.05, 4.69) is 10.2 Å². The van der Waals surface area contributed by atoms with E-state index in [0.717, 1.165) is 24.9 Å². The first-order valence-corrected chi connectivity index (χ1v) is 5.99. The summed E-state index contributed by atoms with van der Waals surface area (Å²) in [6.45, 7) is 0.839. The highest BCUT2D eigenvalue weighted by Crippen LogP contribution is 2.29. The Labute approximate surface area is 106 Å². The number of aromatic nitrogens is 2. The van der Waals surface area contributed by atoms with E-state index >= 15 is 0 Å². The van der Waals surface area contributed by atoms with Crippen LogP contribution in [0.15, 0.2) is 12.3 Å². The zero-order chi connectivity index (χ0) is 12.4. The first-order chi connectivity index (χ1) is 8.08. The SMILES string of the molecule is CN(CC1CC(O)C1)c1nnccc1C(N)=S. The fourth-order valence-corrected chi connectivity index (χ4v) is 2.28. The van der Waals surface area contributed by atoms with E-state index in [0.29, 0.717) is 16.7 Å². The van der Waals surface area contributed by atoms with Crippen molar-refractivity contribution in [1.29, 1.82) is 0 Å². The van der Waals surface area contributed by atoms with E-state index in [1.54, 1.807) is 12.3 Å². The maximum atomic E-state index is 9.26. The van der Waals surface area contributed by atoms with Crippen molar-refractivity contribution in [1.82, 2.24) is 10.2 Å². The van der Waals surface area contributed by atoms with Crippen molar-refractivity contribution >= 4 is 23.0 Å². The van der Waals surface area contributed by atoms with Gasteiger partial charge >= 0.3 is 0 Å². The lowest BCUT2D eigenvalue weighted by Gasteiger charge is -2.35. The van der Waals surface area contributed by atoms with E-state index in [4.69, 9.17) is 18.0 Å². The molecule has 0 spiro atoms. The van der Waals surface area contributed by atoms with E-state index in [-0.39, 0.29) is 6.10 Å². The van der Waals surface area contributed by atoms with Gasteiger partial charge in [-0.3, -0.25) is 0 Å². The molecule has 0 radical (unpaired) electrons. The van der Waals surface area contributed by atoms with Crippen LogP contribution >= 0.6 is 12.2 Å². The Morgan fingerprint density at radius 3 is 2.94 bits per heavy atom. The molecule has 0 unspecified atom stereocenters. The molecule has 1 aliphatic carbocycles. The molecule has 3 N–H and O–H groups in total. The van der Waals surface area contributed by atoms with Crippen molar-refractivity contribution in [3.05, 3.63) is 17.8 Å². The highest BCUT2D eigenvalue weighted by Gasteiger charge is 2.28. The Morgan fingerprint density at radius 1 is 1.65 bits per heavy atom. The molecule has 0 bridgehead atoms. The van der Waals surface area contributed by atoms with Gasteiger partial charge in [-0.05, 0) is 24.8 Å². The number of nitrogens with zero attached hydrogens (tertiary/aromatic N) is 3. The molecule has 1 saturated carbocycles. The van der Waals surface area contributed by atoms with E-state index in [1.807, 2.05) is 11.9 Å². The molecule has 1 heterocycles. The van der Waals surface area contributed by atoms with Gasteiger partial charge in [-0.15, -0.1) is 5.10 Å². The number of thiocarbonyl (C=S) groups is 1. The molecule has 6 heteroatoms. The Morgan fingerprint density at radius 2 is 2.35 bits per heavy atom. The third kappa shape index (κ3) is 2.70. The number of nitrogens with two attached hydrogens (primary N) is 1. The van der Waals surface area contributed by atoms with Crippen molar-refractivity contribution in [2.45, 2.75) is 18.9 Å². The van der Waals surface area contributed by atoms with Crippen LogP contribution in [0.25, 0.3) is 0 Å². The number of aliphatic hydroxyl groups is 1. The van der Waals surface area contributed by atoms with Gasteiger partial charge in [-0.2, -0.15) is 5.10 Å². The fraction of sp³-hybridized carbons (Fsp3) is 0.545. The molecule has 0 amide bonds. The summed E-state index contributed by atoms with van der Waals surface area (Å²) in [4.78, 5) is 2.33. The summed E-state index contributed by atoms with van der Waals surface area (Å²) in [7, 11) is 1.94. The van der Waals surface area contributed by atoms with Gasteiger partial charge in [0, 0.05) is 13.6 Å². The van der Waals surface area contributed by atoms with Crippen LogP contribution < -0.4 is 10.6 Å². The van der Waals surface area contributed by atoms with Gasteiger partial charge in [0.05, 0.1) is 17.9 Å². The minimum absolute atomic E-state index is 0.134. The minimum Gasteiger partial charge on any atom is -0.393 e. The lowest BCUT2D eigenvalue weighted by Crippen LogP contribution is -2.38. The average Bonchev–Trinajstić information content (AvgIpc) is 2.27. The molecule has 1 fully saturated rings. The second kappa shape index (κ2) is 4.93. The second-order valence-corrected chi connectivity index (χ2v) is 4.94. The highest BCUT2D eigenvalue weighted by atomic mass is 32.1. The lowest BCUT2D eigenvalue weighted by atomic mass is 9.82. The molecule has 5 nitrogen and oxygen atoms in total. The van der Waals surface area contributed by atoms with Gasteiger partial charge in [0.1, 0.15) is 4.99 Å². The maximum Gasteiger partial charge on any atom is 0.161 e. The van der Waals surface area contributed by atoms with Gasteiger partial charge in [0.25, 0.3) is 0 Å². The van der Waals surface area contributed by atoms with Gasteiger partial charge in [-0.25, -0.2) is 0 Å². The summed E-state index contributed by atoms with van der Waals surface area (Å²) in [5, 5.41) is 17.2. The number of aliphatic hydroxyl groups excluding tert-OH is 1. The van der Waals surface area contributed by atoms with Crippen LogP contribution in [0.5, 0.6) is 0 Å². The molecule has 1 aliphatic rings. The lowest BCUT2D eigenvalue weighted by molar-refractivity contribution is 0.0464. The minimum atomic E-state index is -0.134. The first-order valence-electron chi connectivity index (χ1n) is 5.58. The smallest absolute Gasteiger partial charge is 0.161 e. The summed E-state index contributed by atoms with van der Waals surface area (Å²) < 4.78 is 0. The Balaban J connectivity index is 2.08. The van der Waals surface area contributed by atoms with Crippen molar-refractivity contribution in [2.75, 3.05) is 18.5 Å². The van der Waals surface area contributed by atoms with Crippen LogP contribution in [-0.2, 0) is 0 Å². The quantitative estimate of drug-likeness (QED) is 0.752. The Kier molecular flexibility index (Phi) is 3.54. The van der Waals surface area contributed by atoms with Crippen LogP contribution in [0.4, 0.5) is 5.82 Å². The van der Waals surface area contributed by atoms with Crippen molar-refractivity contribution < 1.29 is 5.11 Å².